The van der Waals surface area contributed by atoms with Crippen molar-refractivity contribution >= 4 is 33.2 Å². The number of ether oxygens (including phenoxy) is 1. The summed E-state index contributed by atoms with van der Waals surface area (Å²) in [5, 5.41) is 3.41. The summed E-state index contributed by atoms with van der Waals surface area (Å²) in [6.45, 7) is 1.10. The third-order valence-electron chi connectivity index (χ3n) is 4.78. The number of halogens is 1. The minimum absolute atomic E-state index is 0.0851. The summed E-state index contributed by atoms with van der Waals surface area (Å²) in [7, 11) is -1.95. The average molecular weight is 423 g/mol. The maximum Gasteiger partial charge on any atom is 0.243 e. The number of carbonyl (C=O) groups excluding carboxylic acids is 1. The van der Waals surface area contributed by atoms with Crippen LogP contribution in [0.2, 0.25) is 5.02 Å². The van der Waals surface area contributed by atoms with Crippen LogP contribution in [0.3, 0.4) is 0 Å². The Morgan fingerprint density at radius 3 is 2.50 bits per heavy atom. The molecule has 2 aromatic carbocycles. The molecule has 0 radical (unpaired) electrons. The number of anilines is 1. The lowest BCUT2D eigenvalue weighted by Crippen LogP contribution is -2.41. The van der Waals surface area contributed by atoms with Crippen LogP contribution in [-0.2, 0) is 26.2 Å². The van der Waals surface area contributed by atoms with Gasteiger partial charge in [0.25, 0.3) is 0 Å². The van der Waals surface area contributed by atoms with Gasteiger partial charge in [0.2, 0.25) is 15.9 Å². The molecule has 1 fully saturated rings. The van der Waals surface area contributed by atoms with Gasteiger partial charge in [0.1, 0.15) is 0 Å². The maximum atomic E-state index is 12.7. The summed E-state index contributed by atoms with van der Waals surface area (Å²) in [6, 6.07) is 13.6. The predicted octanol–water partition coefficient (Wildman–Crippen LogP) is 3.53. The van der Waals surface area contributed by atoms with Crippen molar-refractivity contribution in [3.63, 3.8) is 0 Å². The van der Waals surface area contributed by atoms with Crippen molar-refractivity contribution in [2.24, 2.45) is 5.92 Å². The van der Waals surface area contributed by atoms with Crippen LogP contribution in [0.5, 0.6) is 0 Å². The SMILES string of the molecule is COCc1cccc(NC(=O)C2CCN(S(=O)(=O)c3ccc(Cl)cc3)CC2)c1. The highest BCUT2D eigenvalue weighted by atomic mass is 35.5. The second-order valence-corrected chi connectivity index (χ2v) is 9.13. The highest BCUT2D eigenvalue weighted by Crippen LogP contribution is 2.25. The number of hydrogen-bond donors (Lipinski definition) is 1. The molecule has 2 aromatic rings. The van der Waals surface area contributed by atoms with E-state index in [-0.39, 0.29) is 16.7 Å². The Labute approximate surface area is 170 Å². The number of carbonyl (C=O) groups is 1. The molecule has 1 amide bonds. The number of hydrogen-bond acceptors (Lipinski definition) is 4. The summed E-state index contributed by atoms with van der Waals surface area (Å²) in [5.41, 5.74) is 1.69. The highest BCUT2D eigenvalue weighted by Gasteiger charge is 2.32. The minimum Gasteiger partial charge on any atom is -0.380 e. The summed E-state index contributed by atoms with van der Waals surface area (Å²) in [5.74, 6) is -0.305. The van der Waals surface area contributed by atoms with Crippen molar-refractivity contribution in [1.82, 2.24) is 4.31 Å². The minimum atomic E-state index is -3.57. The summed E-state index contributed by atoms with van der Waals surface area (Å²) >= 11 is 5.84. The van der Waals surface area contributed by atoms with Gasteiger partial charge in [0.15, 0.2) is 0 Å². The molecule has 0 saturated carbocycles. The van der Waals surface area contributed by atoms with Gasteiger partial charge in [0, 0.05) is 36.8 Å². The van der Waals surface area contributed by atoms with E-state index in [2.05, 4.69) is 5.32 Å². The molecule has 150 valence electrons. The first-order chi connectivity index (χ1) is 13.4. The van der Waals surface area contributed by atoms with Crippen molar-refractivity contribution < 1.29 is 17.9 Å². The van der Waals surface area contributed by atoms with Crippen LogP contribution in [0, 0.1) is 5.92 Å². The number of nitrogens with one attached hydrogen (secondary N) is 1. The Balaban J connectivity index is 1.59. The number of benzene rings is 2. The molecule has 6 nitrogen and oxygen atoms in total. The molecule has 0 aromatic heterocycles. The fraction of sp³-hybridized carbons (Fsp3) is 0.350. The summed E-state index contributed by atoms with van der Waals surface area (Å²) in [6.07, 6.45) is 0.965. The molecule has 8 heteroatoms. The van der Waals surface area contributed by atoms with Gasteiger partial charge in [-0.15, -0.1) is 0 Å². The summed E-state index contributed by atoms with van der Waals surface area (Å²) < 4.78 is 32.0. The second kappa shape index (κ2) is 9.05. The molecule has 0 spiro atoms. The predicted molar refractivity (Wildman–Crippen MR) is 109 cm³/mol. The van der Waals surface area contributed by atoms with Gasteiger partial charge in [-0.3, -0.25) is 4.79 Å². The number of amides is 1. The van der Waals surface area contributed by atoms with Crippen LogP contribution in [0.25, 0.3) is 0 Å². The van der Waals surface area contributed by atoms with E-state index in [0.717, 1.165) is 11.3 Å². The van der Waals surface area contributed by atoms with Crippen molar-refractivity contribution in [2.45, 2.75) is 24.3 Å². The van der Waals surface area contributed by atoms with Crippen LogP contribution in [0.1, 0.15) is 18.4 Å². The molecule has 1 saturated heterocycles. The van der Waals surface area contributed by atoms with Crippen molar-refractivity contribution in [3.05, 3.63) is 59.1 Å². The Bertz CT molecular complexity index is 923. The third-order valence-corrected chi connectivity index (χ3v) is 6.95. The molecular formula is C20H23ClN2O4S. The zero-order chi connectivity index (χ0) is 20.1. The molecule has 0 bridgehead atoms. The molecule has 28 heavy (non-hydrogen) atoms. The molecule has 1 heterocycles. The first kappa shape index (κ1) is 20.8. The standard InChI is InChI=1S/C20H23ClN2O4S/c1-27-14-15-3-2-4-18(13-15)22-20(24)16-9-11-23(12-10-16)28(25,26)19-7-5-17(21)6-8-19/h2-8,13,16H,9-12,14H2,1H3,(H,22,24). The number of methoxy groups -OCH3 is 1. The van der Waals surface area contributed by atoms with Crippen LogP contribution in [0.15, 0.2) is 53.4 Å². The molecular weight excluding hydrogens is 400 g/mol. The lowest BCUT2D eigenvalue weighted by atomic mass is 9.97. The zero-order valence-electron chi connectivity index (χ0n) is 15.6. The topological polar surface area (TPSA) is 75.7 Å². The number of piperidine rings is 1. The first-order valence-corrected chi connectivity index (χ1v) is 10.9. The van der Waals surface area contributed by atoms with E-state index in [9.17, 15) is 13.2 Å². The number of nitrogens with zero attached hydrogens (tertiary/aromatic N) is 1. The van der Waals surface area contributed by atoms with E-state index in [4.69, 9.17) is 16.3 Å². The zero-order valence-corrected chi connectivity index (χ0v) is 17.2. The molecule has 1 aliphatic rings. The van der Waals surface area contributed by atoms with Crippen LogP contribution < -0.4 is 5.32 Å². The van der Waals surface area contributed by atoms with Gasteiger partial charge in [-0.2, -0.15) is 4.31 Å². The van der Waals surface area contributed by atoms with Gasteiger partial charge in [-0.1, -0.05) is 23.7 Å². The third kappa shape index (κ3) is 4.91. The first-order valence-electron chi connectivity index (χ1n) is 9.04. The Hall–Kier alpha value is -1.93. The molecule has 0 aliphatic carbocycles. The lowest BCUT2D eigenvalue weighted by Gasteiger charge is -2.30. The van der Waals surface area contributed by atoms with Crippen LogP contribution in [0.4, 0.5) is 5.69 Å². The average Bonchev–Trinajstić information content (AvgIpc) is 2.69. The van der Waals surface area contributed by atoms with Crippen molar-refractivity contribution in [3.8, 4) is 0 Å². The molecule has 1 aliphatic heterocycles. The van der Waals surface area contributed by atoms with E-state index in [0.29, 0.717) is 37.6 Å². The number of sulfonamides is 1. The van der Waals surface area contributed by atoms with E-state index in [1.54, 1.807) is 19.2 Å². The Morgan fingerprint density at radius 1 is 1.18 bits per heavy atom. The molecule has 1 N–H and O–H groups in total. The van der Waals surface area contributed by atoms with Crippen LogP contribution in [-0.4, -0.2) is 38.8 Å². The van der Waals surface area contributed by atoms with Crippen molar-refractivity contribution in [1.29, 1.82) is 0 Å². The second-order valence-electron chi connectivity index (χ2n) is 6.75. The molecule has 0 unspecified atom stereocenters. The van der Waals surface area contributed by atoms with E-state index >= 15 is 0 Å². The fourth-order valence-corrected chi connectivity index (χ4v) is 4.86. The lowest BCUT2D eigenvalue weighted by molar-refractivity contribution is -0.120. The number of rotatable bonds is 6. The largest absolute Gasteiger partial charge is 0.380 e. The van der Waals surface area contributed by atoms with Gasteiger partial charge in [-0.05, 0) is 54.8 Å². The normalized spacial score (nSPS) is 16.1. The quantitative estimate of drug-likeness (QED) is 0.772. The van der Waals surface area contributed by atoms with Gasteiger partial charge >= 0.3 is 0 Å². The van der Waals surface area contributed by atoms with Crippen LogP contribution >= 0.6 is 11.6 Å². The smallest absolute Gasteiger partial charge is 0.243 e. The fourth-order valence-electron chi connectivity index (χ4n) is 3.26. The molecule has 0 atom stereocenters. The Morgan fingerprint density at radius 2 is 1.86 bits per heavy atom. The van der Waals surface area contributed by atoms with Crippen molar-refractivity contribution in [2.75, 3.05) is 25.5 Å². The van der Waals surface area contributed by atoms with E-state index < -0.39 is 10.0 Å². The maximum absolute atomic E-state index is 12.7. The molecule has 3 rings (SSSR count). The van der Waals surface area contributed by atoms with E-state index in [1.165, 1.54) is 16.4 Å². The summed E-state index contributed by atoms with van der Waals surface area (Å²) in [4.78, 5) is 12.8. The Kier molecular flexibility index (Phi) is 6.72. The highest BCUT2D eigenvalue weighted by molar-refractivity contribution is 7.89. The van der Waals surface area contributed by atoms with Gasteiger partial charge < -0.3 is 10.1 Å². The monoisotopic (exact) mass is 422 g/mol. The van der Waals surface area contributed by atoms with E-state index in [1.807, 2.05) is 24.3 Å². The van der Waals surface area contributed by atoms with Gasteiger partial charge in [0.05, 0.1) is 11.5 Å². The van der Waals surface area contributed by atoms with Gasteiger partial charge in [-0.25, -0.2) is 8.42 Å².